The lowest BCUT2D eigenvalue weighted by atomic mass is 9.81. The van der Waals surface area contributed by atoms with Crippen LogP contribution in [0.25, 0.3) is 5.57 Å². The van der Waals surface area contributed by atoms with E-state index >= 15 is 0 Å². The molecule has 3 aliphatic carbocycles. The maximum atomic E-state index is 12.5. The molecule has 86 valence electrons. The van der Waals surface area contributed by atoms with E-state index in [0.29, 0.717) is 23.5 Å². The Morgan fingerprint density at radius 3 is 2.53 bits per heavy atom. The minimum atomic E-state index is 0.337. The Bertz CT molecular complexity index is 500. The van der Waals surface area contributed by atoms with Gasteiger partial charge in [-0.05, 0) is 42.6 Å². The van der Waals surface area contributed by atoms with E-state index in [4.69, 9.17) is 0 Å². The molecule has 2 saturated carbocycles. The van der Waals surface area contributed by atoms with Crippen LogP contribution < -0.4 is 0 Å². The summed E-state index contributed by atoms with van der Waals surface area (Å²) in [6.45, 7) is 0. The molecule has 2 bridgehead atoms. The van der Waals surface area contributed by atoms with E-state index in [2.05, 4.69) is 18.2 Å². The van der Waals surface area contributed by atoms with Gasteiger partial charge >= 0.3 is 0 Å². The van der Waals surface area contributed by atoms with Crippen LogP contribution in [0, 0.1) is 23.7 Å². The number of fused-ring (bicyclic) bond motifs is 5. The van der Waals surface area contributed by atoms with Gasteiger partial charge in [0.05, 0.1) is 0 Å². The van der Waals surface area contributed by atoms with Gasteiger partial charge in [0.25, 0.3) is 0 Å². The van der Waals surface area contributed by atoms with Crippen molar-refractivity contribution in [3.8, 4) is 0 Å². The molecule has 4 atom stereocenters. The normalized spacial score (nSPS) is 38.4. The number of carbonyl (C=O) groups excluding carboxylic acids is 1. The van der Waals surface area contributed by atoms with Crippen molar-refractivity contribution >= 4 is 11.4 Å². The van der Waals surface area contributed by atoms with Crippen LogP contribution in [-0.2, 0) is 4.79 Å². The molecule has 1 aromatic rings. The van der Waals surface area contributed by atoms with E-state index in [1.165, 1.54) is 19.3 Å². The Morgan fingerprint density at radius 1 is 1.00 bits per heavy atom. The minimum Gasteiger partial charge on any atom is -0.294 e. The molecular formula is C16H16O. The van der Waals surface area contributed by atoms with Gasteiger partial charge in [0, 0.05) is 11.5 Å². The number of ketones is 1. The molecule has 0 aliphatic heterocycles. The summed E-state index contributed by atoms with van der Waals surface area (Å²) >= 11 is 0. The fourth-order valence-electron chi connectivity index (χ4n) is 4.27. The van der Waals surface area contributed by atoms with Crippen molar-refractivity contribution in [2.24, 2.45) is 23.7 Å². The fourth-order valence-corrected chi connectivity index (χ4v) is 4.27. The maximum absolute atomic E-state index is 12.5. The topological polar surface area (TPSA) is 17.1 Å². The largest absolute Gasteiger partial charge is 0.294 e. The van der Waals surface area contributed by atoms with Crippen LogP contribution in [0.1, 0.15) is 24.8 Å². The third-order valence-corrected chi connectivity index (χ3v) is 4.99. The highest BCUT2D eigenvalue weighted by molar-refractivity contribution is 6.24. The van der Waals surface area contributed by atoms with E-state index in [1.807, 2.05) is 18.2 Å². The van der Waals surface area contributed by atoms with E-state index in [9.17, 15) is 4.79 Å². The first kappa shape index (κ1) is 9.64. The van der Waals surface area contributed by atoms with E-state index in [0.717, 1.165) is 17.1 Å². The zero-order valence-corrected chi connectivity index (χ0v) is 9.80. The second-order valence-corrected chi connectivity index (χ2v) is 5.75. The fraction of sp³-hybridized carbons (Fsp3) is 0.438. The van der Waals surface area contributed by atoms with E-state index in [-0.39, 0.29) is 0 Å². The van der Waals surface area contributed by atoms with Crippen LogP contribution in [0.4, 0.5) is 0 Å². The predicted molar refractivity (Wildman–Crippen MR) is 67.2 cm³/mol. The molecule has 4 rings (SSSR count). The van der Waals surface area contributed by atoms with Gasteiger partial charge in [-0.1, -0.05) is 36.4 Å². The van der Waals surface area contributed by atoms with Gasteiger partial charge in [0.15, 0.2) is 5.78 Å². The second kappa shape index (κ2) is 3.32. The molecule has 1 heteroatoms. The molecule has 1 aromatic carbocycles. The number of rotatable bonds is 1. The summed E-state index contributed by atoms with van der Waals surface area (Å²) in [7, 11) is 0. The van der Waals surface area contributed by atoms with Crippen molar-refractivity contribution in [3.63, 3.8) is 0 Å². The lowest BCUT2D eigenvalue weighted by molar-refractivity contribution is -0.118. The third-order valence-electron chi connectivity index (χ3n) is 4.99. The standard InChI is InChI=1S/C16H16O/c17-16-14(10-4-2-1-3-5-10)9-13-11-6-7-12(8-11)15(13)16/h1-5,9,11-13,15H,6-8H2/t11-,12+,13?,15?/m1/s1. The van der Waals surface area contributed by atoms with Crippen LogP contribution >= 0.6 is 0 Å². The Morgan fingerprint density at radius 2 is 1.76 bits per heavy atom. The number of carbonyl (C=O) groups is 1. The first-order chi connectivity index (χ1) is 8.34. The van der Waals surface area contributed by atoms with Gasteiger partial charge in [-0.3, -0.25) is 4.79 Å². The zero-order chi connectivity index (χ0) is 11.4. The van der Waals surface area contributed by atoms with Gasteiger partial charge in [-0.2, -0.15) is 0 Å². The van der Waals surface area contributed by atoms with Crippen molar-refractivity contribution in [3.05, 3.63) is 42.0 Å². The lowest BCUT2D eigenvalue weighted by Crippen LogP contribution is -2.23. The molecule has 2 fully saturated rings. The summed E-state index contributed by atoms with van der Waals surface area (Å²) in [5.74, 6) is 2.82. The first-order valence-electron chi connectivity index (χ1n) is 6.66. The Balaban J connectivity index is 1.75. The third kappa shape index (κ3) is 1.23. The van der Waals surface area contributed by atoms with E-state index in [1.54, 1.807) is 0 Å². The summed E-state index contributed by atoms with van der Waals surface area (Å²) in [4.78, 5) is 12.5. The Labute approximate surface area is 102 Å². The van der Waals surface area contributed by atoms with Crippen molar-refractivity contribution in [2.75, 3.05) is 0 Å². The number of allylic oxidation sites excluding steroid dienone is 2. The minimum absolute atomic E-state index is 0.337. The summed E-state index contributed by atoms with van der Waals surface area (Å²) in [6, 6.07) is 10.2. The van der Waals surface area contributed by atoms with Crippen LogP contribution in [0.5, 0.6) is 0 Å². The molecule has 2 unspecified atom stereocenters. The highest BCUT2D eigenvalue weighted by Gasteiger charge is 2.53. The van der Waals surface area contributed by atoms with Crippen molar-refractivity contribution in [1.29, 1.82) is 0 Å². The molecule has 0 aromatic heterocycles. The number of benzene rings is 1. The average Bonchev–Trinajstić information content (AvgIpc) is 3.03. The van der Waals surface area contributed by atoms with Crippen LogP contribution in [0.3, 0.4) is 0 Å². The van der Waals surface area contributed by atoms with Crippen molar-refractivity contribution in [2.45, 2.75) is 19.3 Å². The number of hydrogen-bond donors (Lipinski definition) is 0. The monoisotopic (exact) mass is 224 g/mol. The number of Topliss-reactive ketones (excluding diaryl/α,β-unsaturated/α-hetero) is 1. The second-order valence-electron chi connectivity index (χ2n) is 5.75. The molecule has 0 radical (unpaired) electrons. The lowest BCUT2D eigenvalue weighted by Gasteiger charge is -2.22. The summed E-state index contributed by atoms with van der Waals surface area (Å²) in [5.41, 5.74) is 2.11. The first-order valence-corrected chi connectivity index (χ1v) is 6.66. The molecule has 1 nitrogen and oxygen atoms in total. The van der Waals surface area contributed by atoms with Crippen molar-refractivity contribution < 1.29 is 4.79 Å². The predicted octanol–water partition coefficient (Wildman–Crippen LogP) is 3.32. The van der Waals surface area contributed by atoms with Crippen molar-refractivity contribution in [1.82, 2.24) is 0 Å². The smallest absolute Gasteiger partial charge is 0.167 e. The molecular weight excluding hydrogens is 208 g/mol. The van der Waals surface area contributed by atoms with Gasteiger partial charge in [0.1, 0.15) is 0 Å². The highest BCUT2D eigenvalue weighted by atomic mass is 16.1. The molecule has 3 aliphatic rings. The van der Waals surface area contributed by atoms with Crippen LogP contribution in [0.2, 0.25) is 0 Å². The maximum Gasteiger partial charge on any atom is 0.167 e. The van der Waals surface area contributed by atoms with Gasteiger partial charge in [0.2, 0.25) is 0 Å². The molecule has 0 N–H and O–H groups in total. The molecule has 0 amide bonds. The Kier molecular flexibility index (Phi) is 1.88. The molecule has 0 heterocycles. The van der Waals surface area contributed by atoms with Crippen LogP contribution in [0.15, 0.2) is 36.4 Å². The van der Waals surface area contributed by atoms with Crippen LogP contribution in [-0.4, -0.2) is 5.78 Å². The quantitative estimate of drug-likeness (QED) is 0.715. The summed E-state index contributed by atoms with van der Waals surface area (Å²) in [5, 5.41) is 0. The molecule has 17 heavy (non-hydrogen) atoms. The summed E-state index contributed by atoms with van der Waals surface area (Å²) in [6.07, 6.45) is 6.22. The van der Waals surface area contributed by atoms with Gasteiger partial charge in [-0.25, -0.2) is 0 Å². The molecule has 0 saturated heterocycles. The number of hydrogen-bond acceptors (Lipinski definition) is 1. The average molecular weight is 224 g/mol. The van der Waals surface area contributed by atoms with Gasteiger partial charge < -0.3 is 0 Å². The Hall–Kier alpha value is -1.37. The highest BCUT2D eigenvalue weighted by Crippen LogP contribution is 2.57. The van der Waals surface area contributed by atoms with Gasteiger partial charge in [-0.15, -0.1) is 0 Å². The molecule has 0 spiro atoms. The van der Waals surface area contributed by atoms with E-state index < -0.39 is 0 Å². The SMILES string of the molecule is O=C1C(c2ccccc2)=CC2C1[C@H]1CC[C@@H]2C1. The summed E-state index contributed by atoms with van der Waals surface area (Å²) < 4.78 is 0. The zero-order valence-electron chi connectivity index (χ0n) is 9.80.